The lowest BCUT2D eigenvalue weighted by Gasteiger charge is -2.18. The van der Waals surface area contributed by atoms with Crippen LogP contribution in [0.5, 0.6) is 0 Å². The third-order valence-electron chi connectivity index (χ3n) is 4.22. The lowest BCUT2D eigenvalue weighted by molar-refractivity contribution is -0.123. The summed E-state index contributed by atoms with van der Waals surface area (Å²) in [5.41, 5.74) is 3.75. The van der Waals surface area contributed by atoms with Crippen LogP contribution in [0.2, 0.25) is 0 Å². The van der Waals surface area contributed by atoms with Gasteiger partial charge in [0.05, 0.1) is 6.04 Å². The zero-order valence-electron chi connectivity index (χ0n) is 14.9. The summed E-state index contributed by atoms with van der Waals surface area (Å²) >= 11 is 0. The predicted molar refractivity (Wildman–Crippen MR) is 99.8 cm³/mol. The molecule has 128 valence electrons. The van der Waals surface area contributed by atoms with E-state index in [0.29, 0.717) is 6.54 Å². The average molecular weight is 324 g/mol. The van der Waals surface area contributed by atoms with E-state index >= 15 is 0 Å². The fraction of sp³-hybridized carbons (Fsp3) is 0.381. The number of nitrogens with one attached hydrogen (secondary N) is 2. The van der Waals surface area contributed by atoms with Crippen LogP contribution < -0.4 is 10.6 Å². The first-order valence-electron chi connectivity index (χ1n) is 8.68. The molecule has 0 saturated heterocycles. The van der Waals surface area contributed by atoms with Gasteiger partial charge in [0.25, 0.3) is 0 Å². The summed E-state index contributed by atoms with van der Waals surface area (Å²) < 4.78 is 0. The fourth-order valence-corrected chi connectivity index (χ4v) is 2.54. The van der Waals surface area contributed by atoms with Crippen molar-refractivity contribution in [2.45, 2.75) is 52.2 Å². The lowest BCUT2D eigenvalue weighted by Crippen LogP contribution is -2.45. The van der Waals surface area contributed by atoms with Crippen molar-refractivity contribution in [1.82, 2.24) is 10.6 Å². The van der Waals surface area contributed by atoms with Crippen molar-refractivity contribution >= 4 is 5.91 Å². The third-order valence-corrected chi connectivity index (χ3v) is 4.22. The van der Waals surface area contributed by atoms with E-state index in [1.54, 1.807) is 0 Å². The minimum atomic E-state index is -0.203. The Morgan fingerprint density at radius 2 is 1.62 bits per heavy atom. The summed E-state index contributed by atoms with van der Waals surface area (Å²) in [5.74, 6) is 0.0580. The molecule has 2 atom stereocenters. The molecular weight excluding hydrogens is 296 g/mol. The van der Waals surface area contributed by atoms with Crippen molar-refractivity contribution in [2.75, 3.05) is 0 Å². The van der Waals surface area contributed by atoms with E-state index in [1.807, 2.05) is 13.0 Å². The number of carbonyl (C=O) groups is 1. The summed E-state index contributed by atoms with van der Waals surface area (Å²) in [6.45, 7) is 6.75. The molecule has 24 heavy (non-hydrogen) atoms. The molecule has 1 amide bonds. The second kappa shape index (κ2) is 9.24. The first-order chi connectivity index (χ1) is 11.5. The minimum absolute atomic E-state index is 0.0580. The van der Waals surface area contributed by atoms with Crippen molar-refractivity contribution in [3.05, 3.63) is 71.3 Å². The Morgan fingerprint density at radius 1 is 0.958 bits per heavy atom. The maximum atomic E-state index is 12.3. The van der Waals surface area contributed by atoms with E-state index in [-0.39, 0.29) is 18.0 Å². The highest BCUT2D eigenvalue weighted by atomic mass is 16.2. The van der Waals surface area contributed by atoms with Gasteiger partial charge in [0, 0.05) is 12.6 Å². The Balaban J connectivity index is 1.71. The van der Waals surface area contributed by atoms with Gasteiger partial charge in [-0.15, -0.1) is 0 Å². The molecule has 0 heterocycles. The SMILES string of the molecule is Cc1ccc(CNC(C)C(=O)NC(C)CCc2ccccc2)cc1. The molecule has 3 heteroatoms. The second-order valence-corrected chi connectivity index (χ2v) is 6.52. The van der Waals surface area contributed by atoms with Crippen molar-refractivity contribution < 1.29 is 4.79 Å². The van der Waals surface area contributed by atoms with Gasteiger partial charge in [-0.3, -0.25) is 4.79 Å². The van der Waals surface area contributed by atoms with Gasteiger partial charge in [0.15, 0.2) is 0 Å². The Bertz CT molecular complexity index is 622. The molecule has 3 nitrogen and oxygen atoms in total. The van der Waals surface area contributed by atoms with Crippen molar-refractivity contribution in [2.24, 2.45) is 0 Å². The molecule has 2 aromatic rings. The Labute approximate surface area is 145 Å². The Morgan fingerprint density at radius 3 is 2.29 bits per heavy atom. The molecule has 2 rings (SSSR count). The molecule has 0 radical (unpaired) electrons. The van der Waals surface area contributed by atoms with Crippen LogP contribution in [0.15, 0.2) is 54.6 Å². The highest BCUT2D eigenvalue weighted by Crippen LogP contribution is 2.06. The maximum Gasteiger partial charge on any atom is 0.237 e. The van der Waals surface area contributed by atoms with Crippen LogP contribution in [0.3, 0.4) is 0 Å². The molecule has 2 N–H and O–H groups in total. The van der Waals surface area contributed by atoms with E-state index in [4.69, 9.17) is 0 Å². The summed E-state index contributed by atoms with van der Waals surface area (Å²) in [4.78, 5) is 12.3. The summed E-state index contributed by atoms with van der Waals surface area (Å²) in [7, 11) is 0. The van der Waals surface area contributed by atoms with E-state index in [9.17, 15) is 4.79 Å². The van der Waals surface area contributed by atoms with E-state index < -0.39 is 0 Å². The van der Waals surface area contributed by atoms with Gasteiger partial charge in [0.1, 0.15) is 0 Å². The van der Waals surface area contributed by atoms with Crippen LogP contribution in [0, 0.1) is 6.92 Å². The van der Waals surface area contributed by atoms with E-state index in [2.05, 4.69) is 73.0 Å². The normalized spacial score (nSPS) is 13.3. The second-order valence-electron chi connectivity index (χ2n) is 6.52. The standard InChI is InChI=1S/C21H28N2O/c1-16-9-12-20(13-10-16)15-22-18(3)21(24)23-17(2)11-14-19-7-5-4-6-8-19/h4-10,12-13,17-18,22H,11,14-15H2,1-3H3,(H,23,24). The monoisotopic (exact) mass is 324 g/mol. The maximum absolute atomic E-state index is 12.3. The van der Waals surface area contributed by atoms with Crippen LogP contribution >= 0.6 is 0 Å². The third kappa shape index (κ3) is 6.17. The average Bonchev–Trinajstić information content (AvgIpc) is 2.60. The first-order valence-corrected chi connectivity index (χ1v) is 8.68. The largest absolute Gasteiger partial charge is 0.352 e. The molecule has 0 spiro atoms. The molecule has 0 aliphatic rings. The topological polar surface area (TPSA) is 41.1 Å². The van der Waals surface area contributed by atoms with E-state index in [1.165, 1.54) is 16.7 Å². The Kier molecular flexibility index (Phi) is 7.01. The predicted octanol–water partition coefficient (Wildman–Crippen LogP) is 3.61. The number of aryl methyl sites for hydroxylation is 2. The molecule has 2 aromatic carbocycles. The van der Waals surface area contributed by atoms with Crippen LogP contribution in [-0.4, -0.2) is 18.0 Å². The summed E-state index contributed by atoms with van der Waals surface area (Å²) in [6.07, 6.45) is 1.92. The summed E-state index contributed by atoms with van der Waals surface area (Å²) in [5, 5.41) is 6.38. The number of benzene rings is 2. The van der Waals surface area contributed by atoms with Crippen LogP contribution in [0.1, 0.15) is 37.0 Å². The van der Waals surface area contributed by atoms with E-state index in [0.717, 1.165) is 12.8 Å². The molecule has 2 unspecified atom stereocenters. The smallest absolute Gasteiger partial charge is 0.237 e. The minimum Gasteiger partial charge on any atom is -0.352 e. The molecule has 0 aliphatic carbocycles. The van der Waals surface area contributed by atoms with Gasteiger partial charge in [0.2, 0.25) is 5.91 Å². The molecule has 0 bridgehead atoms. The van der Waals surface area contributed by atoms with Crippen molar-refractivity contribution in [3.63, 3.8) is 0 Å². The van der Waals surface area contributed by atoms with Gasteiger partial charge in [-0.1, -0.05) is 60.2 Å². The number of hydrogen-bond donors (Lipinski definition) is 2. The van der Waals surface area contributed by atoms with Gasteiger partial charge < -0.3 is 10.6 Å². The molecular formula is C21H28N2O. The zero-order chi connectivity index (χ0) is 17.4. The van der Waals surface area contributed by atoms with Crippen molar-refractivity contribution in [1.29, 1.82) is 0 Å². The zero-order valence-corrected chi connectivity index (χ0v) is 14.9. The van der Waals surface area contributed by atoms with Gasteiger partial charge >= 0.3 is 0 Å². The van der Waals surface area contributed by atoms with Crippen LogP contribution in [0.25, 0.3) is 0 Å². The Hall–Kier alpha value is -2.13. The number of rotatable bonds is 8. The van der Waals surface area contributed by atoms with Gasteiger partial charge in [-0.2, -0.15) is 0 Å². The molecule has 0 saturated carbocycles. The summed E-state index contributed by atoms with van der Waals surface area (Å²) in [6, 6.07) is 18.7. The molecule has 0 aromatic heterocycles. The lowest BCUT2D eigenvalue weighted by atomic mass is 10.1. The number of amides is 1. The quantitative estimate of drug-likeness (QED) is 0.779. The first kappa shape index (κ1) is 18.2. The number of hydrogen-bond acceptors (Lipinski definition) is 2. The fourth-order valence-electron chi connectivity index (χ4n) is 2.54. The molecule has 0 fully saturated rings. The number of carbonyl (C=O) groups excluding carboxylic acids is 1. The van der Waals surface area contributed by atoms with Crippen LogP contribution in [0.4, 0.5) is 0 Å². The highest BCUT2D eigenvalue weighted by molar-refractivity contribution is 5.81. The highest BCUT2D eigenvalue weighted by Gasteiger charge is 2.14. The van der Waals surface area contributed by atoms with Crippen molar-refractivity contribution in [3.8, 4) is 0 Å². The molecule has 0 aliphatic heterocycles. The van der Waals surface area contributed by atoms with Gasteiger partial charge in [-0.05, 0) is 44.7 Å². The van der Waals surface area contributed by atoms with Crippen LogP contribution in [-0.2, 0) is 17.8 Å². The van der Waals surface area contributed by atoms with Gasteiger partial charge in [-0.25, -0.2) is 0 Å².